The summed E-state index contributed by atoms with van der Waals surface area (Å²) in [6.45, 7) is 10.2. The van der Waals surface area contributed by atoms with E-state index >= 15 is 0 Å². The van der Waals surface area contributed by atoms with Crippen molar-refractivity contribution in [3.63, 3.8) is 0 Å². The minimum Gasteiger partial charge on any atom is -0.343 e. The molecule has 1 saturated heterocycles. The van der Waals surface area contributed by atoms with Crippen LogP contribution in [0.4, 0.5) is 5.69 Å². The van der Waals surface area contributed by atoms with Crippen LogP contribution >= 0.6 is 0 Å². The number of hydrogen-bond donors (Lipinski definition) is 1. The molecule has 3 nitrogen and oxygen atoms in total. The number of amidine groups is 1. The lowest BCUT2D eigenvalue weighted by Crippen LogP contribution is -2.41. The van der Waals surface area contributed by atoms with Gasteiger partial charge in [0.25, 0.3) is 0 Å². The zero-order valence-electron chi connectivity index (χ0n) is 17.4. The van der Waals surface area contributed by atoms with Crippen molar-refractivity contribution in [2.75, 3.05) is 32.0 Å². The van der Waals surface area contributed by atoms with Gasteiger partial charge >= 0.3 is 0 Å². The second kappa shape index (κ2) is 6.99. The third-order valence-corrected chi connectivity index (χ3v) is 7.01. The third kappa shape index (κ3) is 3.29. The molecule has 4 rings (SSSR count). The van der Waals surface area contributed by atoms with Crippen molar-refractivity contribution in [3.8, 4) is 11.8 Å². The number of aryl methyl sites for hydroxylation is 1. The van der Waals surface area contributed by atoms with E-state index in [-0.39, 0.29) is 5.41 Å². The highest BCUT2D eigenvalue weighted by molar-refractivity contribution is 6.10. The Kier molecular flexibility index (Phi) is 4.80. The van der Waals surface area contributed by atoms with Gasteiger partial charge in [0.05, 0.1) is 12.0 Å². The third-order valence-electron chi connectivity index (χ3n) is 7.01. The van der Waals surface area contributed by atoms with Crippen molar-refractivity contribution in [1.82, 2.24) is 4.90 Å². The molecular formula is C24H33N3. The van der Waals surface area contributed by atoms with Gasteiger partial charge in [-0.05, 0) is 67.8 Å². The highest BCUT2D eigenvalue weighted by Gasteiger charge is 2.49. The van der Waals surface area contributed by atoms with Gasteiger partial charge in [-0.25, -0.2) is 0 Å². The predicted octanol–water partition coefficient (Wildman–Crippen LogP) is 4.60. The number of hydrogen-bond acceptors (Lipinski definition) is 2. The largest absolute Gasteiger partial charge is 0.343 e. The molecule has 1 aromatic carbocycles. The molecule has 27 heavy (non-hydrogen) atoms. The van der Waals surface area contributed by atoms with Gasteiger partial charge in [-0.2, -0.15) is 0 Å². The molecule has 0 bridgehead atoms. The summed E-state index contributed by atoms with van der Waals surface area (Å²) >= 11 is 0. The molecule has 2 heterocycles. The number of rotatable bonds is 2. The lowest BCUT2D eigenvalue weighted by molar-refractivity contribution is 0.145. The number of likely N-dealkylation sites (tertiary alicyclic amines) is 1. The first kappa shape index (κ1) is 18.6. The molecule has 0 amide bonds. The molecular weight excluding hydrogens is 330 g/mol. The molecule has 0 unspecified atom stereocenters. The number of anilines is 1. The van der Waals surface area contributed by atoms with Crippen molar-refractivity contribution in [2.45, 2.75) is 64.7 Å². The standard InChI is InChI=1S/C24H33N3/c1-5-18-16-20-21(26-22(25-4)24(20)9-7-10-24)17-19(18)8-6-13-27-14-11-23(2,3)12-15-27/h16-17H,5,7,9-15H2,1-4H3,(H,25,26). The molecule has 2 aliphatic heterocycles. The number of benzene rings is 1. The molecule has 3 heteroatoms. The Hall–Kier alpha value is -1.79. The summed E-state index contributed by atoms with van der Waals surface area (Å²) in [7, 11) is 1.91. The Morgan fingerprint density at radius 3 is 2.48 bits per heavy atom. The molecule has 0 atom stereocenters. The van der Waals surface area contributed by atoms with Crippen molar-refractivity contribution >= 4 is 11.5 Å². The van der Waals surface area contributed by atoms with E-state index in [1.807, 2.05) is 7.05 Å². The van der Waals surface area contributed by atoms with Crippen LogP contribution in [-0.2, 0) is 11.8 Å². The van der Waals surface area contributed by atoms with E-state index in [9.17, 15) is 0 Å². The zero-order valence-corrected chi connectivity index (χ0v) is 17.4. The first-order chi connectivity index (χ1) is 13.0. The molecule has 144 valence electrons. The fraction of sp³-hybridized carbons (Fsp3) is 0.625. The van der Waals surface area contributed by atoms with Crippen molar-refractivity contribution in [1.29, 1.82) is 0 Å². The maximum atomic E-state index is 4.56. The Morgan fingerprint density at radius 2 is 1.89 bits per heavy atom. The fourth-order valence-electron chi connectivity index (χ4n) is 4.80. The van der Waals surface area contributed by atoms with Gasteiger partial charge < -0.3 is 5.32 Å². The molecule has 1 aliphatic carbocycles. The van der Waals surface area contributed by atoms with Crippen LogP contribution in [0.25, 0.3) is 0 Å². The van der Waals surface area contributed by atoms with E-state index in [0.717, 1.165) is 18.8 Å². The van der Waals surface area contributed by atoms with Crippen molar-refractivity contribution in [3.05, 3.63) is 28.8 Å². The Bertz CT molecular complexity index is 808. The monoisotopic (exact) mass is 363 g/mol. The van der Waals surface area contributed by atoms with E-state index in [0.29, 0.717) is 5.41 Å². The summed E-state index contributed by atoms with van der Waals surface area (Å²) in [5.41, 5.74) is 5.92. The minimum absolute atomic E-state index is 0.167. The SMILES string of the molecule is CCc1cc2c(cc1C#CCN1CCC(C)(C)CC1)NC(=NC)C21CCC1. The van der Waals surface area contributed by atoms with E-state index in [2.05, 4.69) is 60.0 Å². The average Bonchev–Trinajstić information content (AvgIpc) is 2.95. The molecule has 3 aliphatic rings. The summed E-state index contributed by atoms with van der Waals surface area (Å²) in [5, 5.41) is 3.59. The molecule has 1 saturated carbocycles. The fourth-order valence-corrected chi connectivity index (χ4v) is 4.80. The van der Waals surface area contributed by atoms with Crippen LogP contribution in [0.3, 0.4) is 0 Å². The molecule has 0 radical (unpaired) electrons. The normalized spacial score (nSPS) is 24.1. The van der Waals surface area contributed by atoms with Crippen LogP contribution in [0.1, 0.15) is 69.6 Å². The van der Waals surface area contributed by atoms with Crippen LogP contribution in [0.2, 0.25) is 0 Å². The molecule has 1 N–H and O–H groups in total. The van der Waals surface area contributed by atoms with E-state index < -0.39 is 0 Å². The topological polar surface area (TPSA) is 27.6 Å². The van der Waals surface area contributed by atoms with Crippen LogP contribution in [0.15, 0.2) is 17.1 Å². The first-order valence-corrected chi connectivity index (χ1v) is 10.6. The second-order valence-corrected chi connectivity index (χ2v) is 9.28. The van der Waals surface area contributed by atoms with E-state index in [4.69, 9.17) is 0 Å². The lowest BCUT2D eigenvalue weighted by atomic mass is 9.64. The zero-order chi connectivity index (χ0) is 19.1. The van der Waals surface area contributed by atoms with Gasteiger partial charge in [0.1, 0.15) is 5.84 Å². The number of aliphatic imine (C=N–C) groups is 1. The molecule has 0 aromatic heterocycles. The van der Waals surface area contributed by atoms with Crippen molar-refractivity contribution in [2.24, 2.45) is 10.4 Å². The average molecular weight is 364 g/mol. The highest BCUT2D eigenvalue weighted by atomic mass is 15.1. The van der Waals surface area contributed by atoms with E-state index in [1.165, 1.54) is 67.6 Å². The molecule has 1 aromatic rings. The van der Waals surface area contributed by atoms with Gasteiger partial charge in [0.15, 0.2) is 0 Å². The summed E-state index contributed by atoms with van der Waals surface area (Å²) in [6.07, 6.45) is 7.33. The van der Waals surface area contributed by atoms with Gasteiger partial charge in [-0.3, -0.25) is 9.89 Å². The number of nitrogens with zero attached hydrogens (tertiary/aromatic N) is 2. The van der Waals surface area contributed by atoms with Crippen LogP contribution in [-0.4, -0.2) is 37.4 Å². The van der Waals surface area contributed by atoms with Crippen LogP contribution in [0, 0.1) is 17.3 Å². The first-order valence-electron chi connectivity index (χ1n) is 10.6. The second-order valence-electron chi connectivity index (χ2n) is 9.28. The maximum absolute atomic E-state index is 4.56. The summed E-state index contributed by atoms with van der Waals surface area (Å²) in [5.74, 6) is 8.10. The summed E-state index contributed by atoms with van der Waals surface area (Å²) < 4.78 is 0. The van der Waals surface area contributed by atoms with Gasteiger partial charge in [-0.1, -0.05) is 45.1 Å². The number of fused-ring (bicyclic) bond motifs is 2. The van der Waals surface area contributed by atoms with Crippen LogP contribution < -0.4 is 5.32 Å². The minimum atomic E-state index is 0.167. The maximum Gasteiger partial charge on any atom is 0.111 e. The smallest absolute Gasteiger partial charge is 0.111 e. The van der Waals surface area contributed by atoms with Crippen LogP contribution in [0.5, 0.6) is 0 Å². The summed E-state index contributed by atoms with van der Waals surface area (Å²) in [4.78, 5) is 7.06. The Morgan fingerprint density at radius 1 is 1.15 bits per heavy atom. The molecule has 1 spiro atoms. The predicted molar refractivity (Wildman–Crippen MR) is 115 cm³/mol. The Labute approximate surface area is 164 Å². The lowest BCUT2D eigenvalue weighted by Gasteiger charge is -2.38. The summed E-state index contributed by atoms with van der Waals surface area (Å²) in [6, 6.07) is 4.69. The van der Waals surface area contributed by atoms with Gasteiger partial charge in [0.2, 0.25) is 0 Å². The number of nitrogens with one attached hydrogen (secondary N) is 1. The van der Waals surface area contributed by atoms with Gasteiger partial charge in [-0.15, -0.1) is 0 Å². The van der Waals surface area contributed by atoms with Gasteiger partial charge in [0, 0.05) is 18.3 Å². The Balaban J connectivity index is 1.54. The van der Waals surface area contributed by atoms with E-state index in [1.54, 1.807) is 0 Å². The highest BCUT2D eigenvalue weighted by Crippen LogP contribution is 2.52. The number of piperidine rings is 1. The van der Waals surface area contributed by atoms with Crippen molar-refractivity contribution < 1.29 is 0 Å². The quantitative estimate of drug-likeness (QED) is 0.778. The molecule has 2 fully saturated rings.